The Hall–Kier alpha value is -1.35. The molecule has 1 aromatic rings. The van der Waals surface area contributed by atoms with E-state index in [9.17, 15) is 4.79 Å². The highest BCUT2D eigenvalue weighted by molar-refractivity contribution is 5.82. The molecular formula is C15H21NO2. The van der Waals surface area contributed by atoms with E-state index in [1.165, 1.54) is 11.1 Å². The summed E-state index contributed by atoms with van der Waals surface area (Å²) < 4.78 is 0. The summed E-state index contributed by atoms with van der Waals surface area (Å²) in [6.45, 7) is 7.81. The summed E-state index contributed by atoms with van der Waals surface area (Å²) in [4.78, 5) is 17.2. The minimum Gasteiger partial charge on any atom is -0.272 e. The zero-order valence-corrected chi connectivity index (χ0v) is 11.5. The monoisotopic (exact) mass is 247 g/mol. The molecule has 0 heterocycles. The van der Waals surface area contributed by atoms with E-state index in [-0.39, 0.29) is 17.4 Å². The van der Waals surface area contributed by atoms with E-state index >= 15 is 0 Å². The molecule has 98 valence electrons. The molecule has 0 radical (unpaired) electrons. The Labute approximate surface area is 108 Å². The molecular weight excluding hydrogens is 226 g/mol. The van der Waals surface area contributed by atoms with Crippen LogP contribution in [0.2, 0.25) is 0 Å². The standard InChI is InChI=1S/C15H21NO2/c1-10-5-7-11(8-6-10)12-9-13(12)14(17)16-18-15(2,3)4/h5-8,12-13H,9H2,1-4H3,(H,16,17)/t12-,13-/m0/s1. The minimum absolute atomic E-state index is 0.00417. The van der Waals surface area contributed by atoms with Crippen LogP contribution >= 0.6 is 0 Å². The van der Waals surface area contributed by atoms with Gasteiger partial charge in [-0.15, -0.1) is 0 Å². The second-order valence-corrected chi connectivity index (χ2v) is 6.04. The predicted molar refractivity (Wildman–Crippen MR) is 71.0 cm³/mol. The maximum atomic E-state index is 11.9. The van der Waals surface area contributed by atoms with Crippen LogP contribution in [0.25, 0.3) is 0 Å². The van der Waals surface area contributed by atoms with Crippen molar-refractivity contribution in [3.05, 3.63) is 35.4 Å². The van der Waals surface area contributed by atoms with E-state index in [1.807, 2.05) is 20.8 Å². The lowest BCUT2D eigenvalue weighted by molar-refractivity contribution is -0.147. The van der Waals surface area contributed by atoms with Gasteiger partial charge in [0.05, 0.1) is 5.60 Å². The van der Waals surface area contributed by atoms with Crippen molar-refractivity contribution < 1.29 is 9.63 Å². The summed E-state index contributed by atoms with van der Waals surface area (Å²) in [5, 5.41) is 0. The number of rotatable bonds is 3. The fourth-order valence-corrected chi connectivity index (χ4v) is 1.95. The molecule has 2 atom stereocenters. The quantitative estimate of drug-likeness (QED) is 0.834. The molecule has 1 aliphatic carbocycles. The second-order valence-electron chi connectivity index (χ2n) is 6.04. The Balaban J connectivity index is 1.87. The van der Waals surface area contributed by atoms with Crippen molar-refractivity contribution in [2.45, 2.75) is 45.6 Å². The summed E-state index contributed by atoms with van der Waals surface area (Å²) in [6, 6.07) is 8.40. The number of hydrogen-bond acceptors (Lipinski definition) is 2. The SMILES string of the molecule is Cc1ccc([C@@H]2C[C@@H]2C(=O)NOC(C)(C)C)cc1. The molecule has 0 aliphatic heterocycles. The maximum absolute atomic E-state index is 11.9. The highest BCUT2D eigenvalue weighted by Gasteiger charge is 2.44. The fraction of sp³-hybridized carbons (Fsp3) is 0.533. The zero-order valence-electron chi connectivity index (χ0n) is 11.5. The molecule has 1 N–H and O–H groups in total. The van der Waals surface area contributed by atoms with Crippen LogP contribution in [0.3, 0.4) is 0 Å². The van der Waals surface area contributed by atoms with Gasteiger partial charge in [-0.05, 0) is 45.6 Å². The van der Waals surface area contributed by atoms with Crippen LogP contribution in [0.5, 0.6) is 0 Å². The third-order valence-corrected chi connectivity index (χ3v) is 3.09. The molecule has 0 spiro atoms. The van der Waals surface area contributed by atoms with Crippen LogP contribution in [0.4, 0.5) is 0 Å². The van der Waals surface area contributed by atoms with E-state index < -0.39 is 0 Å². The fourth-order valence-electron chi connectivity index (χ4n) is 1.95. The Bertz CT molecular complexity index is 431. The lowest BCUT2D eigenvalue weighted by Crippen LogP contribution is -2.34. The molecule has 3 nitrogen and oxygen atoms in total. The van der Waals surface area contributed by atoms with Crippen molar-refractivity contribution in [2.24, 2.45) is 5.92 Å². The molecule has 1 fully saturated rings. The number of nitrogens with one attached hydrogen (secondary N) is 1. The van der Waals surface area contributed by atoms with Crippen LogP contribution < -0.4 is 5.48 Å². The third kappa shape index (κ3) is 3.33. The molecule has 1 aromatic carbocycles. The van der Waals surface area contributed by atoms with E-state index in [4.69, 9.17) is 4.84 Å². The van der Waals surface area contributed by atoms with Gasteiger partial charge in [-0.2, -0.15) is 0 Å². The Kier molecular flexibility index (Phi) is 3.44. The normalized spacial score (nSPS) is 22.7. The molecule has 1 saturated carbocycles. The molecule has 1 amide bonds. The summed E-state index contributed by atoms with van der Waals surface area (Å²) in [5.74, 6) is 0.416. The Morgan fingerprint density at radius 2 is 1.89 bits per heavy atom. The average Bonchev–Trinajstić information content (AvgIpc) is 3.06. The number of hydrogen-bond donors (Lipinski definition) is 1. The van der Waals surface area contributed by atoms with E-state index in [2.05, 4.69) is 36.7 Å². The number of amides is 1. The van der Waals surface area contributed by atoms with Gasteiger partial charge in [-0.25, -0.2) is 5.48 Å². The van der Waals surface area contributed by atoms with Crippen LogP contribution in [-0.2, 0) is 9.63 Å². The summed E-state index contributed by atoms with van der Waals surface area (Å²) in [6.07, 6.45) is 0.919. The highest BCUT2D eigenvalue weighted by atomic mass is 16.7. The van der Waals surface area contributed by atoms with E-state index in [1.54, 1.807) is 0 Å². The molecule has 18 heavy (non-hydrogen) atoms. The van der Waals surface area contributed by atoms with E-state index in [0.717, 1.165) is 6.42 Å². The molecule has 0 bridgehead atoms. The smallest absolute Gasteiger partial charge is 0.247 e. The van der Waals surface area contributed by atoms with Crippen LogP contribution in [0.15, 0.2) is 24.3 Å². The van der Waals surface area contributed by atoms with Crippen LogP contribution in [0.1, 0.15) is 44.2 Å². The highest BCUT2D eigenvalue weighted by Crippen LogP contribution is 2.47. The van der Waals surface area contributed by atoms with Crippen LogP contribution in [0, 0.1) is 12.8 Å². The first-order chi connectivity index (χ1) is 8.37. The van der Waals surface area contributed by atoms with Crippen molar-refractivity contribution >= 4 is 5.91 Å². The van der Waals surface area contributed by atoms with Gasteiger partial charge in [0.25, 0.3) is 0 Å². The zero-order chi connectivity index (χ0) is 13.3. The van der Waals surface area contributed by atoms with Gasteiger partial charge in [0.2, 0.25) is 5.91 Å². The minimum atomic E-state index is -0.343. The van der Waals surface area contributed by atoms with Crippen molar-refractivity contribution in [3.8, 4) is 0 Å². The number of carbonyl (C=O) groups excluding carboxylic acids is 1. The number of aryl methyl sites for hydroxylation is 1. The second kappa shape index (κ2) is 4.73. The molecule has 0 aromatic heterocycles. The van der Waals surface area contributed by atoms with Gasteiger partial charge >= 0.3 is 0 Å². The summed E-state index contributed by atoms with van der Waals surface area (Å²) in [5.41, 5.74) is 4.71. The van der Waals surface area contributed by atoms with Gasteiger partial charge in [0, 0.05) is 5.92 Å². The van der Waals surface area contributed by atoms with Crippen LogP contribution in [-0.4, -0.2) is 11.5 Å². The predicted octanol–water partition coefficient (Wildman–Crippen LogP) is 2.94. The number of hydroxylamine groups is 1. The lowest BCUT2D eigenvalue weighted by atomic mass is 10.1. The summed E-state index contributed by atoms with van der Waals surface area (Å²) >= 11 is 0. The van der Waals surface area contributed by atoms with Crippen molar-refractivity contribution in [3.63, 3.8) is 0 Å². The van der Waals surface area contributed by atoms with Gasteiger partial charge in [-0.1, -0.05) is 29.8 Å². The third-order valence-electron chi connectivity index (χ3n) is 3.09. The Morgan fingerprint density at radius 1 is 1.28 bits per heavy atom. The molecule has 0 unspecified atom stereocenters. The molecule has 3 heteroatoms. The first-order valence-electron chi connectivity index (χ1n) is 6.41. The van der Waals surface area contributed by atoms with E-state index in [0.29, 0.717) is 5.92 Å². The molecule has 2 rings (SSSR count). The molecule has 0 saturated heterocycles. The van der Waals surface area contributed by atoms with Gasteiger partial charge in [0.1, 0.15) is 0 Å². The average molecular weight is 247 g/mol. The molecule has 1 aliphatic rings. The number of benzene rings is 1. The van der Waals surface area contributed by atoms with Crippen molar-refractivity contribution in [1.82, 2.24) is 5.48 Å². The lowest BCUT2D eigenvalue weighted by Gasteiger charge is -2.18. The largest absolute Gasteiger partial charge is 0.272 e. The van der Waals surface area contributed by atoms with Gasteiger partial charge < -0.3 is 0 Å². The Morgan fingerprint density at radius 3 is 2.44 bits per heavy atom. The first kappa shape index (κ1) is 13.1. The van der Waals surface area contributed by atoms with Gasteiger partial charge in [0.15, 0.2) is 0 Å². The first-order valence-corrected chi connectivity index (χ1v) is 6.41. The topological polar surface area (TPSA) is 38.3 Å². The maximum Gasteiger partial charge on any atom is 0.247 e. The van der Waals surface area contributed by atoms with Crippen molar-refractivity contribution in [2.75, 3.05) is 0 Å². The van der Waals surface area contributed by atoms with Crippen molar-refractivity contribution in [1.29, 1.82) is 0 Å². The number of carbonyl (C=O) groups is 1. The summed E-state index contributed by atoms with van der Waals surface area (Å²) in [7, 11) is 0. The van der Waals surface area contributed by atoms with Gasteiger partial charge in [-0.3, -0.25) is 9.63 Å².